The van der Waals surface area contributed by atoms with Gasteiger partial charge in [-0.3, -0.25) is 4.79 Å². The smallest absolute Gasteiger partial charge is 0.375 e. The van der Waals surface area contributed by atoms with Crippen LogP contribution in [0.1, 0.15) is 10.5 Å². The molecule has 1 aromatic heterocycles. The molecule has 7 heteroatoms. The molecule has 0 atom stereocenters. The molecule has 0 aliphatic carbocycles. The van der Waals surface area contributed by atoms with Crippen LogP contribution in [0.4, 0.5) is 18.3 Å². The minimum Gasteiger partial charge on any atom is -0.375 e. The third-order valence-electron chi connectivity index (χ3n) is 1.01. The summed E-state index contributed by atoms with van der Waals surface area (Å²) in [5.74, 6) is -1.96. The second-order valence-electron chi connectivity index (χ2n) is 1.90. The highest BCUT2D eigenvalue weighted by Crippen LogP contribution is 2.22. The lowest BCUT2D eigenvalue weighted by Crippen LogP contribution is -2.22. The van der Waals surface area contributed by atoms with Crippen molar-refractivity contribution in [1.29, 1.82) is 0 Å². The van der Waals surface area contributed by atoms with Crippen molar-refractivity contribution in [2.24, 2.45) is 0 Å². The molecule has 0 saturated carbocycles. The van der Waals surface area contributed by atoms with Gasteiger partial charge in [-0.15, -0.1) is 11.3 Å². The Morgan fingerprint density at radius 3 is 2.50 bits per heavy atom. The van der Waals surface area contributed by atoms with E-state index in [0.717, 1.165) is 16.7 Å². The van der Waals surface area contributed by atoms with Crippen molar-refractivity contribution in [2.75, 3.05) is 5.73 Å². The molecule has 0 aromatic carbocycles. The Hall–Kier alpha value is -1.11. The van der Waals surface area contributed by atoms with Crippen LogP contribution in [0.25, 0.3) is 0 Å². The summed E-state index contributed by atoms with van der Waals surface area (Å²) in [4.78, 5) is 13.6. The number of alkyl halides is 3. The van der Waals surface area contributed by atoms with Crippen molar-refractivity contribution in [3.8, 4) is 0 Å². The number of thiazole rings is 1. The van der Waals surface area contributed by atoms with Crippen molar-refractivity contribution in [1.82, 2.24) is 4.98 Å². The number of nitrogens with two attached hydrogens (primary N) is 1. The first kappa shape index (κ1) is 8.98. The average molecular weight is 196 g/mol. The standard InChI is InChI=1S/C5H3F3N2OS/c6-5(7,8)3(11)2-1-12-4(9)10-2/h1H,(H2,9,10). The van der Waals surface area contributed by atoms with Crippen LogP contribution in [0.5, 0.6) is 0 Å². The van der Waals surface area contributed by atoms with Crippen molar-refractivity contribution >= 4 is 22.3 Å². The highest BCUT2D eigenvalue weighted by atomic mass is 32.1. The highest BCUT2D eigenvalue weighted by molar-refractivity contribution is 7.13. The second kappa shape index (κ2) is 2.74. The fourth-order valence-electron chi connectivity index (χ4n) is 0.537. The lowest BCUT2D eigenvalue weighted by atomic mass is 10.3. The molecule has 3 nitrogen and oxygen atoms in total. The average Bonchev–Trinajstić information content (AvgIpc) is 2.32. The zero-order valence-corrected chi connectivity index (χ0v) is 6.37. The first-order valence-corrected chi connectivity index (χ1v) is 3.62. The molecule has 1 aromatic rings. The van der Waals surface area contributed by atoms with E-state index in [2.05, 4.69) is 4.98 Å². The third-order valence-corrected chi connectivity index (χ3v) is 1.69. The number of nitrogen functional groups attached to an aromatic ring is 1. The van der Waals surface area contributed by atoms with Gasteiger partial charge in [-0.05, 0) is 0 Å². The number of carbonyl (C=O) groups excluding carboxylic acids is 1. The summed E-state index contributed by atoms with van der Waals surface area (Å²) < 4.78 is 35.2. The Balaban J connectivity index is 2.93. The van der Waals surface area contributed by atoms with Gasteiger partial charge in [0.1, 0.15) is 5.69 Å². The zero-order valence-electron chi connectivity index (χ0n) is 5.55. The summed E-state index contributed by atoms with van der Waals surface area (Å²) >= 11 is 0.795. The number of carbonyl (C=O) groups is 1. The SMILES string of the molecule is Nc1nc(C(=O)C(F)(F)F)cs1. The summed E-state index contributed by atoms with van der Waals surface area (Å²) in [5.41, 5.74) is 4.40. The van der Waals surface area contributed by atoms with Gasteiger partial charge in [0.05, 0.1) is 0 Å². The van der Waals surface area contributed by atoms with E-state index in [0.29, 0.717) is 0 Å². The molecule has 0 aliphatic rings. The van der Waals surface area contributed by atoms with Gasteiger partial charge < -0.3 is 5.73 Å². The van der Waals surface area contributed by atoms with E-state index in [1.807, 2.05) is 0 Å². The maximum atomic E-state index is 11.7. The lowest BCUT2D eigenvalue weighted by Gasteiger charge is -2.00. The summed E-state index contributed by atoms with van der Waals surface area (Å²) in [6.07, 6.45) is -4.87. The van der Waals surface area contributed by atoms with E-state index in [4.69, 9.17) is 5.73 Å². The molecule has 0 bridgehead atoms. The topological polar surface area (TPSA) is 56.0 Å². The Labute approximate surface area is 69.0 Å². The van der Waals surface area contributed by atoms with E-state index < -0.39 is 17.7 Å². The fourth-order valence-corrected chi connectivity index (χ4v) is 1.08. The molecular formula is C5H3F3N2OS. The molecule has 1 rings (SSSR count). The van der Waals surface area contributed by atoms with Crippen molar-refractivity contribution in [3.63, 3.8) is 0 Å². The summed E-state index contributed by atoms with van der Waals surface area (Å²) in [7, 11) is 0. The van der Waals surface area contributed by atoms with Crippen molar-refractivity contribution < 1.29 is 18.0 Å². The van der Waals surface area contributed by atoms with Crippen LogP contribution in [-0.4, -0.2) is 16.9 Å². The minimum atomic E-state index is -4.87. The van der Waals surface area contributed by atoms with Crippen LogP contribution in [0, 0.1) is 0 Å². The van der Waals surface area contributed by atoms with Gasteiger partial charge in [-0.2, -0.15) is 13.2 Å². The largest absolute Gasteiger partial charge is 0.456 e. The number of halogens is 3. The second-order valence-corrected chi connectivity index (χ2v) is 2.79. The first-order valence-electron chi connectivity index (χ1n) is 2.74. The van der Waals surface area contributed by atoms with Gasteiger partial charge in [0, 0.05) is 5.38 Å². The number of nitrogens with zero attached hydrogens (tertiary/aromatic N) is 1. The molecule has 66 valence electrons. The highest BCUT2D eigenvalue weighted by Gasteiger charge is 2.40. The van der Waals surface area contributed by atoms with Crippen LogP contribution in [-0.2, 0) is 0 Å². The molecule has 0 unspecified atom stereocenters. The van der Waals surface area contributed by atoms with Crippen molar-refractivity contribution in [2.45, 2.75) is 6.18 Å². The number of rotatable bonds is 1. The van der Waals surface area contributed by atoms with E-state index in [1.54, 1.807) is 0 Å². The fraction of sp³-hybridized carbons (Fsp3) is 0.200. The number of aromatic nitrogens is 1. The summed E-state index contributed by atoms with van der Waals surface area (Å²) in [6.45, 7) is 0. The maximum absolute atomic E-state index is 11.7. The quantitative estimate of drug-likeness (QED) is 0.692. The molecular weight excluding hydrogens is 193 g/mol. The van der Waals surface area contributed by atoms with E-state index in [1.165, 1.54) is 0 Å². The first-order chi connectivity index (χ1) is 5.41. The van der Waals surface area contributed by atoms with Gasteiger partial charge in [-0.25, -0.2) is 4.98 Å². The normalized spacial score (nSPS) is 11.6. The number of anilines is 1. The molecule has 0 spiro atoms. The Kier molecular flexibility index (Phi) is 2.05. The molecule has 0 fully saturated rings. The van der Waals surface area contributed by atoms with Gasteiger partial charge in [0.25, 0.3) is 5.78 Å². The van der Waals surface area contributed by atoms with Gasteiger partial charge >= 0.3 is 6.18 Å². The van der Waals surface area contributed by atoms with Gasteiger partial charge in [0.15, 0.2) is 5.13 Å². The Morgan fingerprint density at radius 1 is 1.58 bits per heavy atom. The van der Waals surface area contributed by atoms with Gasteiger partial charge in [0.2, 0.25) is 0 Å². The minimum absolute atomic E-state index is 0.0531. The van der Waals surface area contributed by atoms with Crippen LogP contribution in [0.3, 0.4) is 0 Å². The number of ketones is 1. The monoisotopic (exact) mass is 196 g/mol. The molecule has 12 heavy (non-hydrogen) atoms. The van der Waals surface area contributed by atoms with E-state index >= 15 is 0 Å². The van der Waals surface area contributed by atoms with Crippen LogP contribution in [0.2, 0.25) is 0 Å². The zero-order chi connectivity index (χ0) is 9.35. The number of hydrogen-bond acceptors (Lipinski definition) is 4. The Bertz CT molecular complexity index is 306. The summed E-state index contributed by atoms with van der Waals surface area (Å²) in [6, 6.07) is 0. The molecule has 0 saturated heterocycles. The molecule has 2 N–H and O–H groups in total. The Morgan fingerprint density at radius 2 is 2.17 bits per heavy atom. The number of Topliss-reactive ketones (excluding diaryl/α,β-unsaturated/α-hetero) is 1. The maximum Gasteiger partial charge on any atom is 0.456 e. The third kappa shape index (κ3) is 1.73. The lowest BCUT2D eigenvalue weighted by molar-refractivity contribution is -0.0887. The van der Waals surface area contributed by atoms with Crippen LogP contribution in [0.15, 0.2) is 5.38 Å². The van der Waals surface area contributed by atoms with Crippen LogP contribution < -0.4 is 5.73 Å². The molecule has 0 aliphatic heterocycles. The predicted molar refractivity (Wildman–Crippen MR) is 36.9 cm³/mol. The summed E-state index contributed by atoms with van der Waals surface area (Å²) in [5, 5.41) is 0.924. The number of hydrogen-bond donors (Lipinski definition) is 1. The van der Waals surface area contributed by atoms with E-state index in [9.17, 15) is 18.0 Å². The van der Waals surface area contributed by atoms with Crippen molar-refractivity contribution in [3.05, 3.63) is 11.1 Å². The predicted octanol–water partition coefficient (Wildman–Crippen LogP) is 1.47. The van der Waals surface area contributed by atoms with Gasteiger partial charge in [-0.1, -0.05) is 0 Å². The van der Waals surface area contributed by atoms with Crippen LogP contribution >= 0.6 is 11.3 Å². The molecule has 0 radical (unpaired) electrons. The molecule has 1 heterocycles. The molecule has 0 amide bonds. The van der Waals surface area contributed by atoms with E-state index in [-0.39, 0.29) is 5.13 Å².